The van der Waals surface area contributed by atoms with E-state index in [1.165, 1.54) is 12.8 Å². The molecule has 0 aromatic carbocycles. The molecule has 4 saturated carbocycles. The van der Waals surface area contributed by atoms with Crippen molar-refractivity contribution in [3.8, 4) is 0 Å². The van der Waals surface area contributed by atoms with Gasteiger partial charge in [0.1, 0.15) is 12.1 Å². The minimum Gasteiger partial charge on any atom is -0.390 e. The number of halogens is 1. The average Bonchev–Trinajstić information content (AvgIpc) is 3.39. The third-order valence-electron chi connectivity index (χ3n) is 11.1. The zero-order chi connectivity index (χ0) is 25.3. The van der Waals surface area contributed by atoms with Crippen molar-refractivity contribution >= 4 is 28.5 Å². The second-order valence-electron chi connectivity index (χ2n) is 12.9. The molecule has 4 fully saturated rings. The SMILES string of the molecule is COCC12CCC(C)(O)CC1CCC1C3CCC(C(=O)Cn4nnc5cc(Cl)cnc54)C3(C)CCC12. The van der Waals surface area contributed by atoms with Gasteiger partial charge in [-0.1, -0.05) is 23.7 Å². The normalized spacial score (nSPS) is 42.1. The molecule has 0 spiro atoms. The maximum atomic E-state index is 13.7. The minimum absolute atomic E-state index is 0.0344. The fourth-order valence-corrected chi connectivity index (χ4v) is 9.67. The van der Waals surface area contributed by atoms with E-state index in [1.54, 1.807) is 16.9 Å². The van der Waals surface area contributed by atoms with Crippen molar-refractivity contribution in [3.63, 3.8) is 0 Å². The van der Waals surface area contributed by atoms with E-state index in [2.05, 4.69) is 22.2 Å². The lowest BCUT2D eigenvalue weighted by molar-refractivity contribution is -0.175. The molecule has 4 aliphatic rings. The molecular formula is C28H39ClN4O3. The van der Waals surface area contributed by atoms with Crippen LogP contribution in [0.4, 0.5) is 0 Å². The van der Waals surface area contributed by atoms with Crippen molar-refractivity contribution in [2.24, 2.45) is 40.4 Å². The van der Waals surface area contributed by atoms with Crippen LogP contribution >= 0.6 is 11.6 Å². The first kappa shape index (κ1) is 24.7. The standard InChI is InChI=1S/C28H39ClN4O3/c1-26(35)10-11-28(16-36-3)17(13-26)4-5-19-20-6-7-22(27(20,2)9-8-21(19)28)24(34)15-33-25-23(31-32-33)12-18(29)14-30-25/h12,14,17,19-22,35H,4-11,13,15-16H2,1-3H3. The zero-order valence-corrected chi connectivity index (χ0v) is 22.5. The molecule has 7 nitrogen and oxygen atoms in total. The van der Waals surface area contributed by atoms with Crippen LogP contribution in [0.5, 0.6) is 0 Å². The van der Waals surface area contributed by atoms with Crippen molar-refractivity contribution < 1.29 is 14.6 Å². The topological polar surface area (TPSA) is 90.1 Å². The molecule has 0 radical (unpaired) electrons. The number of pyridine rings is 1. The predicted molar refractivity (Wildman–Crippen MR) is 137 cm³/mol. The Hall–Kier alpha value is -1.57. The zero-order valence-electron chi connectivity index (χ0n) is 21.8. The van der Waals surface area contributed by atoms with Gasteiger partial charge in [-0.25, -0.2) is 9.67 Å². The minimum atomic E-state index is -0.547. The van der Waals surface area contributed by atoms with Crippen molar-refractivity contribution in [2.45, 2.75) is 83.8 Å². The smallest absolute Gasteiger partial charge is 0.178 e. The summed E-state index contributed by atoms with van der Waals surface area (Å²) in [7, 11) is 1.84. The molecule has 2 heterocycles. The molecule has 8 unspecified atom stereocenters. The molecule has 36 heavy (non-hydrogen) atoms. The van der Waals surface area contributed by atoms with Crippen molar-refractivity contribution in [3.05, 3.63) is 17.3 Å². The molecule has 8 heteroatoms. The van der Waals surface area contributed by atoms with E-state index in [0.717, 1.165) is 51.6 Å². The first-order valence-corrected chi connectivity index (χ1v) is 14.1. The summed E-state index contributed by atoms with van der Waals surface area (Å²) in [5, 5.41) is 19.8. The van der Waals surface area contributed by atoms with Gasteiger partial charge in [0, 0.05) is 19.2 Å². The van der Waals surface area contributed by atoms with Crippen LogP contribution in [-0.2, 0) is 16.1 Å². The summed E-state index contributed by atoms with van der Waals surface area (Å²) < 4.78 is 7.53. The number of fused-ring (bicyclic) bond motifs is 6. The number of carbonyl (C=O) groups is 1. The largest absolute Gasteiger partial charge is 0.390 e. The summed E-state index contributed by atoms with van der Waals surface area (Å²) in [4.78, 5) is 18.1. The van der Waals surface area contributed by atoms with E-state index in [4.69, 9.17) is 16.3 Å². The first-order valence-electron chi connectivity index (χ1n) is 13.8. The number of hydrogen-bond donors (Lipinski definition) is 1. The predicted octanol–water partition coefficient (Wildman–Crippen LogP) is 5.09. The summed E-state index contributed by atoms with van der Waals surface area (Å²) in [5.41, 5.74) is 0.902. The quantitative estimate of drug-likeness (QED) is 0.598. The molecule has 1 N–H and O–H groups in total. The summed E-state index contributed by atoms with van der Waals surface area (Å²) in [6.07, 6.45) is 11.1. The lowest BCUT2D eigenvalue weighted by Gasteiger charge is -2.62. The number of ether oxygens (including phenoxy) is 1. The Bertz CT molecular complexity index is 1170. The number of hydrogen-bond acceptors (Lipinski definition) is 6. The van der Waals surface area contributed by atoms with Gasteiger partial charge in [-0.2, -0.15) is 0 Å². The van der Waals surface area contributed by atoms with Crippen LogP contribution in [0.1, 0.15) is 71.6 Å². The second kappa shape index (κ2) is 8.74. The first-order chi connectivity index (χ1) is 17.2. The van der Waals surface area contributed by atoms with Gasteiger partial charge in [0.05, 0.1) is 17.2 Å². The fraction of sp³-hybridized carbons (Fsp3) is 0.786. The fourth-order valence-electron chi connectivity index (χ4n) is 9.51. The Balaban J connectivity index is 1.23. The molecule has 4 aliphatic carbocycles. The Morgan fingerprint density at radius 1 is 1.17 bits per heavy atom. The van der Waals surface area contributed by atoms with E-state index in [-0.39, 0.29) is 29.1 Å². The highest BCUT2D eigenvalue weighted by molar-refractivity contribution is 6.31. The highest BCUT2D eigenvalue weighted by atomic mass is 35.5. The van der Waals surface area contributed by atoms with Gasteiger partial charge in [-0.15, -0.1) is 5.10 Å². The van der Waals surface area contributed by atoms with Crippen LogP contribution in [0.15, 0.2) is 12.3 Å². The van der Waals surface area contributed by atoms with Crippen LogP contribution in [0.3, 0.4) is 0 Å². The molecular weight excluding hydrogens is 476 g/mol. The molecule has 8 atom stereocenters. The second-order valence-corrected chi connectivity index (χ2v) is 13.3. The Kier molecular flexibility index (Phi) is 6.01. The Morgan fingerprint density at radius 2 is 2.00 bits per heavy atom. The number of ketones is 1. The Morgan fingerprint density at radius 3 is 2.81 bits per heavy atom. The van der Waals surface area contributed by atoms with Gasteiger partial charge in [0.15, 0.2) is 11.4 Å². The summed E-state index contributed by atoms with van der Waals surface area (Å²) in [6.45, 7) is 5.43. The van der Waals surface area contributed by atoms with E-state index in [9.17, 15) is 9.90 Å². The molecule has 0 bridgehead atoms. The van der Waals surface area contributed by atoms with E-state index < -0.39 is 5.60 Å². The van der Waals surface area contributed by atoms with Gasteiger partial charge >= 0.3 is 0 Å². The molecule has 2 aromatic rings. The van der Waals surface area contributed by atoms with Crippen molar-refractivity contribution in [1.82, 2.24) is 20.0 Å². The van der Waals surface area contributed by atoms with Crippen LogP contribution in [-0.4, -0.2) is 50.2 Å². The van der Waals surface area contributed by atoms with Crippen LogP contribution < -0.4 is 0 Å². The van der Waals surface area contributed by atoms with Gasteiger partial charge in [0.2, 0.25) is 0 Å². The van der Waals surface area contributed by atoms with Gasteiger partial charge in [-0.3, -0.25) is 4.79 Å². The number of aromatic nitrogens is 4. The maximum Gasteiger partial charge on any atom is 0.178 e. The number of Topliss-reactive ketones (excluding diaryl/α,β-unsaturated/α-hetero) is 1. The third kappa shape index (κ3) is 3.75. The van der Waals surface area contributed by atoms with Crippen LogP contribution in [0, 0.1) is 40.4 Å². The summed E-state index contributed by atoms with van der Waals surface area (Å²) >= 11 is 6.05. The van der Waals surface area contributed by atoms with Gasteiger partial charge < -0.3 is 9.84 Å². The van der Waals surface area contributed by atoms with Crippen molar-refractivity contribution in [1.29, 1.82) is 0 Å². The van der Waals surface area contributed by atoms with E-state index in [0.29, 0.717) is 39.9 Å². The third-order valence-corrected chi connectivity index (χ3v) is 11.3. The molecule has 0 amide bonds. The highest BCUT2D eigenvalue weighted by Gasteiger charge is 2.63. The van der Waals surface area contributed by atoms with Crippen molar-refractivity contribution in [2.75, 3.05) is 13.7 Å². The number of methoxy groups -OCH3 is 1. The number of nitrogens with zero attached hydrogens (tertiary/aromatic N) is 4. The summed E-state index contributed by atoms with van der Waals surface area (Å²) in [6, 6.07) is 1.74. The summed E-state index contributed by atoms with van der Waals surface area (Å²) in [5.74, 6) is 2.70. The number of carbonyl (C=O) groups excluding carboxylic acids is 1. The number of aliphatic hydroxyl groups is 1. The molecule has 2 aromatic heterocycles. The lowest BCUT2D eigenvalue weighted by atomic mass is 9.43. The van der Waals surface area contributed by atoms with Gasteiger partial charge in [-0.05, 0) is 105 Å². The number of rotatable bonds is 5. The van der Waals surface area contributed by atoms with Crippen LogP contribution in [0.2, 0.25) is 5.02 Å². The molecule has 6 rings (SSSR count). The van der Waals surface area contributed by atoms with Gasteiger partial charge in [0.25, 0.3) is 0 Å². The van der Waals surface area contributed by atoms with E-state index >= 15 is 0 Å². The monoisotopic (exact) mass is 514 g/mol. The van der Waals surface area contributed by atoms with E-state index in [1.807, 2.05) is 14.0 Å². The molecule has 196 valence electrons. The maximum absolute atomic E-state index is 13.7. The lowest BCUT2D eigenvalue weighted by Crippen LogP contribution is -2.58. The molecule has 0 saturated heterocycles. The molecule has 0 aliphatic heterocycles. The average molecular weight is 515 g/mol. The highest BCUT2D eigenvalue weighted by Crippen LogP contribution is 2.68. The Labute approximate surface area is 218 Å². The van der Waals surface area contributed by atoms with Crippen LogP contribution in [0.25, 0.3) is 11.2 Å².